The first-order chi connectivity index (χ1) is 14.2. The van der Waals surface area contributed by atoms with Crippen LogP contribution in [-0.4, -0.2) is 29.8 Å². The van der Waals surface area contributed by atoms with Crippen molar-refractivity contribution in [3.05, 3.63) is 38.4 Å². The van der Waals surface area contributed by atoms with Crippen molar-refractivity contribution < 1.29 is 9.59 Å². The lowest BCUT2D eigenvalue weighted by Gasteiger charge is -2.34. The van der Waals surface area contributed by atoms with Gasteiger partial charge in [0, 0.05) is 18.0 Å². The molecule has 1 fully saturated rings. The molecule has 4 rings (SSSR count). The molecule has 2 unspecified atom stereocenters. The van der Waals surface area contributed by atoms with E-state index >= 15 is 0 Å². The zero-order valence-electron chi connectivity index (χ0n) is 18.4. The number of thiophene rings is 2. The van der Waals surface area contributed by atoms with E-state index in [-0.39, 0.29) is 17.2 Å². The summed E-state index contributed by atoms with van der Waals surface area (Å²) in [6.45, 7) is 10.8. The monoisotopic (exact) mass is 444 g/mol. The van der Waals surface area contributed by atoms with Crippen molar-refractivity contribution in [2.75, 3.05) is 18.4 Å². The number of amides is 2. The molecule has 2 aromatic rings. The van der Waals surface area contributed by atoms with Gasteiger partial charge in [0.2, 0.25) is 0 Å². The van der Waals surface area contributed by atoms with Crippen LogP contribution in [-0.2, 0) is 12.8 Å². The zero-order valence-corrected chi connectivity index (χ0v) is 20.0. The minimum atomic E-state index is -0.114. The van der Waals surface area contributed by atoms with E-state index in [0.717, 1.165) is 49.3 Å². The summed E-state index contributed by atoms with van der Waals surface area (Å²) >= 11 is 3.05. The summed E-state index contributed by atoms with van der Waals surface area (Å²) in [6, 6.07) is 3.71. The van der Waals surface area contributed by atoms with Gasteiger partial charge in [-0.15, -0.1) is 22.7 Å². The average Bonchev–Trinajstić information content (AvgIpc) is 3.34. The summed E-state index contributed by atoms with van der Waals surface area (Å²) in [4.78, 5) is 30.4. The van der Waals surface area contributed by atoms with E-state index in [1.807, 2.05) is 22.4 Å². The number of nitrogens with one attached hydrogen (secondary N) is 1. The molecule has 0 aromatic carbocycles. The third-order valence-corrected chi connectivity index (χ3v) is 8.66. The number of carbonyl (C=O) groups excluding carboxylic acids is 2. The summed E-state index contributed by atoms with van der Waals surface area (Å²) in [5, 5.41) is 5.75. The molecule has 1 aliphatic carbocycles. The highest BCUT2D eigenvalue weighted by Crippen LogP contribution is 2.45. The minimum Gasteiger partial charge on any atom is -0.338 e. The second-order valence-electron chi connectivity index (χ2n) is 9.94. The number of hydrogen-bond acceptors (Lipinski definition) is 4. The molecule has 1 N–H and O–H groups in total. The van der Waals surface area contributed by atoms with Gasteiger partial charge in [0.05, 0.1) is 10.4 Å². The van der Waals surface area contributed by atoms with E-state index in [0.29, 0.717) is 16.7 Å². The Morgan fingerprint density at radius 3 is 2.70 bits per heavy atom. The van der Waals surface area contributed by atoms with Gasteiger partial charge in [0.1, 0.15) is 5.00 Å². The van der Waals surface area contributed by atoms with Crippen LogP contribution in [0.5, 0.6) is 0 Å². The highest BCUT2D eigenvalue weighted by molar-refractivity contribution is 7.17. The minimum absolute atomic E-state index is 0.106. The summed E-state index contributed by atoms with van der Waals surface area (Å²) in [6.07, 6.45) is 5.26. The number of piperidine rings is 1. The number of nitrogens with zero attached hydrogens (tertiary/aromatic N) is 1. The first-order valence-electron chi connectivity index (χ1n) is 11.0. The summed E-state index contributed by atoms with van der Waals surface area (Å²) in [7, 11) is 0. The predicted molar refractivity (Wildman–Crippen MR) is 126 cm³/mol. The number of rotatable bonds is 3. The molecule has 2 atom stereocenters. The van der Waals surface area contributed by atoms with E-state index < -0.39 is 0 Å². The predicted octanol–water partition coefficient (Wildman–Crippen LogP) is 6.09. The summed E-state index contributed by atoms with van der Waals surface area (Å²) < 4.78 is 0. The molecule has 2 aliphatic rings. The molecule has 30 heavy (non-hydrogen) atoms. The van der Waals surface area contributed by atoms with Gasteiger partial charge in [0.15, 0.2) is 0 Å². The van der Waals surface area contributed by atoms with Crippen molar-refractivity contribution in [2.24, 2.45) is 17.3 Å². The van der Waals surface area contributed by atoms with Crippen molar-refractivity contribution in [3.8, 4) is 0 Å². The molecule has 3 heterocycles. The topological polar surface area (TPSA) is 49.4 Å². The van der Waals surface area contributed by atoms with Crippen LogP contribution in [0.15, 0.2) is 17.5 Å². The number of hydrogen-bond donors (Lipinski definition) is 1. The fraction of sp³-hybridized carbons (Fsp3) is 0.583. The number of carbonyl (C=O) groups is 2. The van der Waals surface area contributed by atoms with Gasteiger partial charge >= 0.3 is 0 Å². The highest BCUT2D eigenvalue weighted by atomic mass is 32.1. The molecular weight excluding hydrogens is 412 g/mol. The Bertz CT molecular complexity index is 924. The fourth-order valence-corrected chi connectivity index (χ4v) is 6.68. The van der Waals surface area contributed by atoms with E-state index in [1.54, 1.807) is 11.3 Å². The number of anilines is 1. The lowest BCUT2D eigenvalue weighted by atomic mass is 9.72. The second kappa shape index (κ2) is 8.46. The lowest BCUT2D eigenvalue weighted by molar-refractivity contribution is 0.0683. The van der Waals surface area contributed by atoms with Gasteiger partial charge in [-0.3, -0.25) is 9.59 Å². The molecule has 162 valence electrons. The van der Waals surface area contributed by atoms with Gasteiger partial charge in [-0.05, 0) is 66.4 Å². The third kappa shape index (κ3) is 4.35. The molecule has 2 amide bonds. The SMILES string of the molecule is CC1CCCN(C(=O)c2c(NC(=O)c3cccs3)sc3c2CCC(C(C)(C)C)C3)C1. The molecule has 0 bridgehead atoms. The van der Waals surface area contributed by atoms with Crippen LogP contribution in [0.25, 0.3) is 0 Å². The molecule has 1 saturated heterocycles. The van der Waals surface area contributed by atoms with E-state index in [2.05, 4.69) is 33.0 Å². The molecule has 6 heteroatoms. The maximum absolute atomic E-state index is 13.6. The average molecular weight is 445 g/mol. The van der Waals surface area contributed by atoms with Crippen molar-refractivity contribution in [3.63, 3.8) is 0 Å². The first kappa shape index (κ1) is 21.6. The molecule has 0 saturated carbocycles. The maximum atomic E-state index is 13.6. The number of likely N-dealkylation sites (tertiary alicyclic amines) is 1. The van der Waals surface area contributed by atoms with Gasteiger partial charge in [-0.2, -0.15) is 0 Å². The van der Waals surface area contributed by atoms with Crippen LogP contribution < -0.4 is 5.32 Å². The van der Waals surface area contributed by atoms with Gasteiger partial charge < -0.3 is 10.2 Å². The van der Waals surface area contributed by atoms with E-state index in [4.69, 9.17) is 0 Å². The Hall–Kier alpha value is -1.66. The summed E-state index contributed by atoms with van der Waals surface area (Å²) in [5.41, 5.74) is 2.20. The van der Waals surface area contributed by atoms with Gasteiger partial charge in [-0.25, -0.2) is 0 Å². The Morgan fingerprint density at radius 1 is 1.23 bits per heavy atom. The highest BCUT2D eigenvalue weighted by Gasteiger charge is 2.36. The van der Waals surface area contributed by atoms with Crippen LogP contribution in [0.1, 0.15) is 77.4 Å². The Balaban J connectivity index is 1.68. The molecule has 0 radical (unpaired) electrons. The largest absolute Gasteiger partial charge is 0.338 e. The molecule has 1 aliphatic heterocycles. The fourth-order valence-electron chi connectivity index (χ4n) is 4.74. The van der Waals surface area contributed by atoms with Crippen molar-refractivity contribution >= 4 is 39.5 Å². The normalized spacial score (nSPS) is 21.9. The second-order valence-corrected chi connectivity index (χ2v) is 12.0. The van der Waals surface area contributed by atoms with Crippen molar-refractivity contribution in [1.29, 1.82) is 0 Å². The maximum Gasteiger partial charge on any atom is 0.266 e. The zero-order chi connectivity index (χ0) is 21.5. The van der Waals surface area contributed by atoms with Crippen LogP contribution in [0.4, 0.5) is 5.00 Å². The Morgan fingerprint density at radius 2 is 2.03 bits per heavy atom. The first-order valence-corrected chi connectivity index (χ1v) is 12.7. The van der Waals surface area contributed by atoms with Crippen molar-refractivity contribution in [1.82, 2.24) is 4.90 Å². The Kier molecular flexibility index (Phi) is 6.08. The molecule has 2 aromatic heterocycles. The molecule has 0 spiro atoms. The molecular formula is C24H32N2O2S2. The number of fused-ring (bicyclic) bond motifs is 1. The van der Waals surface area contributed by atoms with Gasteiger partial charge in [-0.1, -0.05) is 33.8 Å². The van der Waals surface area contributed by atoms with Crippen molar-refractivity contribution in [2.45, 2.75) is 59.8 Å². The van der Waals surface area contributed by atoms with E-state index in [1.165, 1.54) is 28.2 Å². The summed E-state index contributed by atoms with van der Waals surface area (Å²) in [5.74, 6) is 1.13. The van der Waals surface area contributed by atoms with Crippen LogP contribution >= 0.6 is 22.7 Å². The van der Waals surface area contributed by atoms with Gasteiger partial charge in [0.25, 0.3) is 11.8 Å². The molecule has 4 nitrogen and oxygen atoms in total. The quantitative estimate of drug-likeness (QED) is 0.623. The van der Waals surface area contributed by atoms with E-state index in [9.17, 15) is 9.59 Å². The van der Waals surface area contributed by atoms with Crippen LogP contribution in [0.2, 0.25) is 0 Å². The lowest BCUT2D eigenvalue weighted by Crippen LogP contribution is -2.39. The standard InChI is InChI=1S/C24H32N2O2S2/c1-15-7-5-11-26(14-15)23(28)20-17-10-9-16(24(2,3)4)13-19(17)30-22(20)25-21(27)18-8-6-12-29-18/h6,8,12,15-16H,5,7,9-11,13-14H2,1-4H3,(H,25,27). The van der Waals surface area contributed by atoms with Crippen LogP contribution in [0, 0.1) is 17.3 Å². The third-order valence-electron chi connectivity index (χ3n) is 6.62. The van der Waals surface area contributed by atoms with Crippen LogP contribution in [0.3, 0.4) is 0 Å². The smallest absolute Gasteiger partial charge is 0.266 e. The Labute approximate surface area is 187 Å².